The van der Waals surface area contributed by atoms with E-state index >= 15 is 0 Å². The standard InChI is InChI=1S/C15H17NO3/c17-9-8-10-4-6-11(7-5-10)16-14(18)12-2-1-3-13(12)15(16)19/h4-7,12-13,17H,1-3,8-9H2. The Hall–Kier alpha value is -1.68. The van der Waals surface area contributed by atoms with Crippen LogP contribution in [0.3, 0.4) is 0 Å². The molecule has 3 rings (SSSR count). The van der Waals surface area contributed by atoms with Crippen molar-refractivity contribution in [1.29, 1.82) is 0 Å². The van der Waals surface area contributed by atoms with Crippen LogP contribution in [0.5, 0.6) is 0 Å². The van der Waals surface area contributed by atoms with Gasteiger partial charge in [0, 0.05) is 6.61 Å². The van der Waals surface area contributed by atoms with Gasteiger partial charge in [-0.1, -0.05) is 18.6 Å². The maximum absolute atomic E-state index is 12.3. The second-order valence-corrected chi connectivity index (χ2v) is 5.30. The largest absolute Gasteiger partial charge is 0.396 e. The highest BCUT2D eigenvalue weighted by Crippen LogP contribution is 2.41. The lowest BCUT2D eigenvalue weighted by atomic mass is 10.00. The van der Waals surface area contributed by atoms with E-state index in [1.807, 2.05) is 12.1 Å². The first-order chi connectivity index (χ1) is 9.22. The van der Waals surface area contributed by atoms with E-state index in [1.54, 1.807) is 12.1 Å². The first-order valence-corrected chi connectivity index (χ1v) is 6.80. The lowest BCUT2D eigenvalue weighted by molar-refractivity contribution is -0.122. The Bertz CT molecular complexity index is 487. The molecule has 2 unspecified atom stereocenters. The van der Waals surface area contributed by atoms with Gasteiger partial charge in [0.2, 0.25) is 11.8 Å². The summed E-state index contributed by atoms with van der Waals surface area (Å²) in [5, 5.41) is 8.87. The van der Waals surface area contributed by atoms with Crippen molar-refractivity contribution < 1.29 is 14.7 Å². The molecule has 2 amide bonds. The Kier molecular flexibility index (Phi) is 3.11. The van der Waals surface area contributed by atoms with E-state index in [2.05, 4.69) is 0 Å². The number of hydrogen-bond acceptors (Lipinski definition) is 3. The first kappa shape index (κ1) is 12.4. The van der Waals surface area contributed by atoms with E-state index in [-0.39, 0.29) is 30.3 Å². The van der Waals surface area contributed by atoms with Crippen LogP contribution in [0.2, 0.25) is 0 Å². The summed E-state index contributed by atoms with van der Waals surface area (Å²) < 4.78 is 0. The van der Waals surface area contributed by atoms with Gasteiger partial charge in [-0.3, -0.25) is 14.5 Å². The normalized spacial score (nSPS) is 26.1. The number of fused-ring (bicyclic) bond motifs is 1. The summed E-state index contributed by atoms with van der Waals surface area (Å²) in [4.78, 5) is 25.9. The molecule has 1 aliphatic carbocycles. The number of hydrogen-bond donors (Lipinski definition) is 1. The first-order valence-electron chi connectivity index (χ1n) is 6.80. The van der Waals surface area contributed by atoms with E-state index in [9.17, 15) is 9.59 Å². The molecule has 4 heteroatoms. The van der Waals surface area contributed by atoms with Gasteiger partial charge in [-0.25, -0.2) is 0 Å². The van der Waals surface area contributed by atoms with E-state index < -0.39 is 0 Å². The smallest absolute Gasteiger partial charge is 0.237 e. The molecule has 1 aliphatic heterocycles. The molecule has 1 aromatic carbocycles. The van der Waals surface area contributed by atoms with Crippen LogP contribution < -0.4 is 4.90 Å². The van der Waals surface area contributed by atoms with Gasteiger partial charge in [-0.2, -0.15) is 0 Å². The predicted octanol–water partition coefficient (Wildman–Crippen LogP) is 1.51. The molecule has 2 aliphatic rings. The quantitative estimate of drug-likeness (QED) is 0.837. The lowest BCUT2D eigenvalue weighted by Gasteiger charge is -2.16. The van der Waals surface area contributed by atoms with Gasteiger partial charge in [0.1, 0.15) is 0 Å². The molecule has 0 bridgehead atoms. The lowest BCUT2D eigenvalue weighted by Crippen LogP contribution is -2.31. The Morgan fingerprint density at radius 1 is 1.05 bits per heavy atom. The number of nitrogens with zero attached hydrogens (tertiary/aromatic N) is 1. The third-order valence-electron chi connectivity index (χ3n) is 4.19. The Balaban J connectivity index is 1.86. The number of carbonyl (C=O) groups is 2. The second-order valence-electron chi connectivity index (χ2n) is 5.30. The average Bonchev–Trinajstić information content (AvgIpc) is 2.97. The Labute approximate surface area is 112 Å². The minimum Gasteiger partial charge on any atom is -0.396 e. The van der Waals surface area contributed by atoms with E-state index in [1.165, 1.54) is 4.90 Å². The molecule has 0 aromatic heterocycles. The zero-order valence-corrected chi connectivity index (χ0v) is 10.7. The van der Waals surface area contributed by atoms with E-state index in [0.29, 0.717) is 12.1 Å². The van der Waals surface area contributed by atoms with Gasteiger partial charge in [0.05, 0.1) is 17.5 Å². The SMILES string of the molecule is O=C1C2CCCC2C(=O)N1c1ccc(CCO)cc1. The van der Waals surface area contributed by atoms with Crippen molar-refractivity contribution in [2.75, 3.05) is 11.5 Å². The van der Waals surface area contributed by atoms with Crippen LogP contribution >= 0.6 is 0 Å². The third-order valence-corrected chi connectivity index (χ3v) is 4.19. The number of amides is 2. The summed E-state index contributed by atoms with van der Waals surface area (Å²) in [6.07, 6.45) is 3.26. The van der Waals surface area contributed by atoms with Gasteiger partial charge < -0.3 is 5.11 Å². The molecule has 2 atom stereocenters. The topological polar surface area (TPSA) is 57.6 Å². The van der Waals surface area contributed by atoms with Crippen LogP contribution in [0.25, 0.3) is 0 Å². The number of rotatable bonds is 3. The molecule has 1 saturated heterocycles. The van der Waals surface area contributed by atoms with Crippen molar-refractivity contribution >= 4 is 17.5 Å². The molecule has 19 heavy (non-hydrogen) atoms. The molecule has 1 N–H and O–H groups in total. The fraction of sp³-hybridized carbons (Fsp3) is 0.467. The molecule has 1 heterocycles. The van der Waals surface area contributed by atoms with Gasteiger partial charge in [-0.05, 0) is 37.0 Å². The summed E-state index contributed by atoms with van der Waals surface area (Å²) in [7, 11) is 0. The molecule has 2 fully saturated rings. The number of imide groups is 1. The monoisotopic (exact) mass is 259 g/mol. The predicted molar refractivity (Wildman–Crippen MR) is 70.6 cm³/mol. The zero-order chi connectivity index (χ0) is 13.4. The van der Waals surface area contributed by atoms with Crippen molar-refractivity contribution in [2.45, 2.75) is 25.7 Å². The summed E-state index contributed by atoms with van der Waals surface area (Å²) in [6.45, 7) is 0.102. The third kappa shape index (κ3) is 1.96. The number of aliphatic hydroxyl groups is 1. The van der Waals surface area contributed by atoms with Gasteiger partial charge in [0.15, 0.2) is 0 Å². The van der Waals surface area contributed by atoms with Crippen molar-refractivity contribution in [3.05, 3.63) is 29.8 Å². The summed E-state index contributed by atoms with van der Waals surface area (Å²) in [5.41, 5.74) is 1.66. The minimum absolute atomic E-state index is 0.0394. The highest BCUT2D eigenvalue weighted by Gasteiger charge is 2.50. The van der Waals surface area contributed by atoms with Crippen molar-refractivity contribution in [3.8, 4) is 0 Å². The molecule has 0 spiro atoms. The van der Waals surface area contributed by atoms with Gasteiger partial charge >= 0.3 is 0 Å². The zero-order valence-electron chi connectivity index (χ0n) is 10.7. The molecule has 100 valence electrons. The summed E-state index contributed by atoms with van der Waals surface area (Å²) >= 11 is 0. The van der Waals surface area contributed by atoms with E-state index in [4.69, 9.17) is 5.11 Å². The van der Waals surface area contributed by atoms with Crippen molar-refractivity contribution in [3.63, 3.8) is 0 Å². The second kappa shape index (κ2) is 4.78. The van der Waals surface area contributed by atoms with Crippen LogP contribution in [0.4, 0.5) is 5.69 Å². The Morgan fingerprint density at radius 2 is 1.63 bits per heavy atom. The number of anilines is 1. The molecule has 0 radical (unpaired) electrons. The molecule has 1 saturated carbocycles. The number of aliphatic hydroxyl groups excluding tert-OH is 1. The molecular formula is C15H17NO3. The summed E-state index contributed by atoms with van der Waals surface area (Å²) in [6, 6.07) is 7.31. The van der Waals surface area contributed by atoms with E-state index in [0.717, 1.165) is 24.8 Å². The van der Waals surface area contributed by atoms with Crippen LogP contribution in [0, 0.1) is 11.8 Å². The molecule has 1 aromatic rings. The fourth-order valence-electron chi connectivity index (χ4n) is 3.19. The Morgan fingerprint density at radius 3 is 2.16 bits per heavy atom. The highest BCUT2D eigenvalue weighted by molar-refractivity contribution is 6.22. The summed E-state index contributed by atoms with van der Waals surface area (Å²) in [5.74, 6) is -0.265. The average molecular weight is 259 g/mol. The van der Waals surface area contributed by atoms with Crippen molar-refractivity contribution in [2.24, 2.45) is 11.8 Å². The van der Waals surface area contributed by atoms with Crippen LogP contribution in [-0.4, -0.2) is 23.5 Å². The minimum atomic E-state index is -0.0929. The number of carbonyl (C=O) groups excluding carboxylic acids is 2. The molecule has 4 nitrogen and oxygen atoms in total. The van der Waals surface area contributed by atoms with Crippen LogP contribution in [0.15, 0.2) is 24.3 Å². The van der Waals surface area contributed by atoms with Gasteiger partial charge in [-0.15, -0.1) is 0 Å². The number of benzene rings is 1. The molecular weight excluding hydrogens is 242 g/mol. The van der Waals surface area contributed by atoms with Crippen molar-refractivity contribution in [1.82, 2.24) is 0 Å². The maximum Gasteiger partial charge on any atom is 0.237 e. The van der Waals surface area contributed by atoms with Crippen LogP contribution in [0.1, 0.15) is 24.8 Å². The fourth-order valence-corrected chi connectivity index (χ4v) is 3.19. The van der Waals surface area contributed by atoms with Crippen LogP contribution in [-0.2, 0) is 16.0 Å². The van der Waals surface area contributed by atoms with Gasteiger partial charge in [0.25, 0.3) is 0 Å². The highest BCUT2D eigenvalue weighted by atomic mass is 16.3. The maximum atomic E-state index is 12.3.